The van der Waals surface area contributed by atoms with Gasteiger partial charge in [0.2, 0.25) is 5.91 Å². The monoisotopic (exact) mass is 214 g/mol. The van der Waals surface area contributed by atoms with Crippen molar-refractivity contribution in [3.63, 3.8) is 0 Å². The van der Waals surface area contributed by atoms with Crippen LogP contribution in [0.25, 0.3) is 0 Å². The SMILES string of the molecule is C[C@@H]1COCCN1C(=O)C1CC(O)CN1. The summed E-state index contributed by atoms with van der Waals surface area (Å²) in [5, 5.41) is 12.4. The molecule has 3 atom stereocenters. The number of amides is 1. The van der Waals surface area contributed by atoms with Crippen molar-refractivity contribution >= 4 is 5.91 Å². The molecule has 2 unspecified atom stereocenters. The van der Waals surface area contributed by atoms with Gasteiger partial charge in [-0.15, -0.1) is 0 Å². The molecule has 2 fully saturated rings. The number of morpholine rings is 1. The Balaban J connectivity index is 1.94. The smallest absolute Gasteiger partial charge is 0.240 e. The van der Waals surface area contributed by atoms with E-state index in [9.17, 15) is 9.90 Å². The Kier molecular flexibility index (Phi) is 3.23. The maximum atomic E-state index is 12.1. The molecule has 15 heavy (non-hydrogen) atoms. The number of aliphatic hydroxyl groups is 1. The van der Waals surface area contributed by atoms with Gasteiger partial charge in [0, 0.05) is 13.1 Å². The predicted octanol–water partition coefficient (Wildman–Crippen LogP) is -1.04. The van der Waals surface area contributed by atoms with Crippen molar-refractivity contribution in [3.05, 3.63) is 0 Å². The summed E-state index contributed by atoms with van der Waals surface area (Å²) in [4.78, 5) is 13.9. The van der Waals surface area contributed by atoms with Crippen molar-refractivity contribution in [2.75, 3.05) is 26.3 Å². The van der Waals surface area contributed by atoms with Gasteiger partial charge in [0.15, 0.2) is 0 Å². The van der Waals surface area contributed by atoms with Crippen LogP contribution in [0.5, 0.6) is 0 Å². The number of nitrogens with one attached hydrogen (secondary N) is 1. The van der Waals surface area contributed by atoms with E-state index in [0.717, 1.165) is 0 Å². The molecule has 0 aromatic carbocycles. The van der Waals surface area contributed by atoms with Crippen molar-refractivity contribution in [1.82, 2.24) is 10.2 Å². The van der Waals surface area contributed by atoms with Crippen LogP contribution in [-0.2, 0) is 9.53 Å². The van der Waals surface area contributed by atoms with Gasteiger partial charge in [-0.3, -0.25) is 4.79 Å². The van der Waals surface area contributed by atoms with E-state index in [-0.39, 0.29) is 24.1 Å². The summed E-state index contributed by atoms with van der Waals surface area (Å²) in [7, 11) is 0. The van der Waals surface area contributed by atoms with Crippen LogP contribution in [0, 0.1) is 0 Å². The second-order valence-corrected chi connectivity index (χ2v) is 4.31. The third-order valence-electron chi connectivity index (χ3n) is 3.06. The Morgan fingerprint density at radius 3 is 3.00 bits per heavy atom. The van der Waals surface area contributed by atoms with Gasteiger partial charge in [-0.25, -0.2) is 0 Å². The quantitative estimate of drug-likeness (QED) is 0.585. The van der Waals surface area contributed by atoms with Crippen molar-refractivity contribution in [3.8, 4) is 0 Å². The van der Waals surface area contributed by atoms with Crippen molar-refractivity contribution < 1.29 is 14.6 Å². The van der Waals surface area contributed by atoms with Crippen molar-refractivity contribution in [2.45, 2.75) is 31.5 Å². The highest BCUT2D eigenvalue weighted by Crippen LogP contribution is 2.13. The number of rotatable bonds is 1. The molecule has 0 bridgehead atoms. The van der Waals surface area contributed by atoms with Crippen LogP contribution in [0.2, 0.25) is 0 Å². The summed E-state index contributed by atoms with van der Waals surface area (Å²) in [5.41, 5.74) is 0. The van der Waals surface area contributed by atoms with Crippen LogP contribution >= 0.6 is 0 Å². The van der Waals surface area contributed by atoms with Crippen LogP contribution in [0.1, 0.15) is 13.3 Å². The zero-order valence-electron chi connectivity index (χ0n) is 8.98. The topological polar surface area (TPSA) is 61.8 Å². The van der Waals surface area contributed by atoms with Crippen LogP contribution in [-0.4, -0.2) is 60.4 Å². The first kappa shape index (κ1) is 10.9. The summed E-state index contributed by atoms with van der Waals surface area (Å²) in [6.07, 6.45) is 0.151. The Labute approximate surface area is 89.4 Å². The summed E-state index contributed by atoms with van der Waals surface area (Å²) in [6, 6.07) is -0.0636. The Morgan fingerprint density at radius 2 is 2.40 bits per heavy atom. The molecule has 2 heterocycles. The summed E-state index contributed by atoms with van der Waals surface area (Å²) >= 11 is 0. The van der Waals surface area contributed by atoms with Gasteiger partial charge >= 0.3 is 0 Å². The van der Waals surface area contributed by atoms with Gasteiger partial charge in [0.25, 0.3) is 0 Å². The lowest BCUT2D eigenvalue weighted by Crippen LogP contribution is -2.52. The molecule has 5 heteroatoms. The molecule has 2 aliphatic rings. The fraction of sp³-hybridized carbons (Fsp3) is 0.900. The number of hydrogen-bond acceptors (Lipinski definition) is 4. The van der Waals surface area contributed by atoms with E-state index in [4.69, 9.17) is 4.74 Å². The molecule has 0 saturated carbocycles. The van der Waals surface area contributed by atoms with E-state index in [1.54, 1.807) is 0 Å². The zero-order chi connectivity index (χ0) is 10.8. The van der Waals surface area contributed by atoms with Crippen LogP contribution in [0.3, 0.4) is 0 Å². The minimum absolute atomic E-state index is 0.0994. The molecule has 1 amide bonds. The minimum atomic E-state index is -0.379. The van der Waals surface area contributed by atoms with E-state index in [2.05, 4.69) is 5.32 Å². The fourth-order valence-electron chi connectivity index (χ4n) is 2.16. The highest BCUT2D eigenvalue weighted by atomic mass is 16.5. The standard InChI is InChI=1S/C10H18N2O3/c1-7-6-15-3-2-12(7)10(14)9-4-8(13)5-11-9/h7-9,11,13H,2-6H2,1H3/t7-,8?,9?/m1/s1. The first-order chi connectivity index (χ1) is 7.18. The molecule has 0 spiro atoms. The van der Waals surface area contributed by atoms with Gasteiger partial charge in [0.05, 0.1) is 31.4 Å². The number of hydrogen-bond donors (Lipinski definition) is 2. The van der Waals surface area contributed by atoms with E-state index >= 15 is 0 Å². The molecular formula is C10H18N2O3. The molecular weight excluding hydrogens is 196 g/mol. The third-order valence-corrected chi connectivity index (χ3v) is 3.06. The number of carbonyl (C=O) groups excluding carboxylic acids is 1. The molecule has 0 aromatic heterocycles. The summed E-state index contributed by atoms with van der Waals surface area (Å²) < 4.78 is 5.28. The lowest BCUT2D eigenvalue weighted by atomic mass is 10.1. The fourth-order valence-corrected chi connectivity index (χ4v) is 2.16. The summed E-state index contributed by atoms with van der Waals surface area (Å²) in [5.74, 6) is 0.0994. The maximum absolute atomic E-state index is 12.1. The second kappa shape index (κ2) is 4.47. The van der Waals surface area contributed by atoms with Gasteiger partial charge in [-0.2, -0.15) is 0 Å². The Hall–Kier alpha value is -0.650. The first-order valence-electron chi connectivity index (χ1n) is 5.48. The second-order valence-electron chi connectivity index (χ2n) is 4.31. The van der Waals surface area contributed by atoms with E-state index in [0.29, 0.717) is 32.7 Å². The molecule has 0 radical (unpaired) electrons. The minimum Gasteiger partial charge on any atom is -0.392 e. The highest BCUT2D eigenvalue weighted by Gasteiger charge is 2.34. The molecule has 2 N–H and O–H groups in total. The van der Waals surface area contributed by atoms with Gasteiger partial charge < -0.3 is 20.1 Å². The Bertz CT molecular complexity index is 247. The first-order valence-corrected chi connectivity index (χ1v) is 5.48. The van der Waals surface area contributed by atoms with Crippen molar-refractivity contribution in [1.29, 1.82) is 0 Å². The van der Waals surface area contributed by atoms with Crippen LogP contribution < -0.4 is 5.32 Å². The largest absolute Gasteiger partial charge is 0.392 e. The number of carbonyl (C=O) groups is 1. The number of aliphatic hydroxyl groups excluding tert-OH is 1. The van der Waals surface area contributed by atoms with Crippen molar-refractivity contribution in [2.24, 2.45) is 0 Å². The number of ether oxygens (including phenoxy) is 1. The summed E-state index contributed by atoms with van der Waals surface area (Å²) in [6.45, 7) is 4.40. The van der Waals surface area contributed by atoms with Gasteiger partial charge in [0.1, 0.15) is 0 Å². The van der Waals surface area contributed by atoms with Gasteiger partial charge in [-0.1, -0.05) is 0 Å². The predicted molar refractivity (Wildman–Crippen MR) is 54.4 cm³/mol. The lowest BCUT2D eigenvalue weighted by molar-refractivity contribution is -0.141. The maximum Gasteiger partial charge on any atom is 0.240 e. The van der Waals surface area contributed by atoms with E-state index < -0.39 is 0 Å². The average molecular weight is 214 g/mol. The third kappa shape index (κ3) is 2.30. The molecule has 5 nitrogen and oxygen atoms in total. The highest BCUT2D eigenvalue weighted by molar-refractivity contribution is 5.82. The zero-order valence-corrected chi connectivity index (χ0v) is 8.98. The number of β-amino-alcohol motifs (C(OH)–C–C–N with tert-alkyl or cyclic N) is 1. The molecule has 2 saturated heterocycles. The van der Waals surface area contributed by atoms with Crippen LogP contribution in [0.4, 0.5) is 0 Å². The van der Waals surface area contributed by atoms with Crippen LogP contribution in [0.15, 0.2) is 0 Å². The normalized spacial score (nSPS) is 36.9. The molecule has 2 aliphatic heterocycles. The molecule has 2 rings (SSSR count). The number of nitrogens with zero attached hydrogens (tertiary/aromatic N) is 1. The lowest BCUT2D eigenvalue weighted by Gasteiger charge is -2.35. The molecule has 0 aromatic rings. The average Bonchev–Trinajstić information content (AvgIpc) is 2.65. The molecule has 0 aliphatic carbocycles. The Morgan fingerprint density at radius 1 is 1.60 bits per heavy atom. The van der Waals surface area contributed by atoms with Gasteiger partial charge in [-0.05, 0) is 13.3 Å². The van der Waals surface area contributed by atoms with E-state index in [1.807, 2.05) is 11.8 Å². The van der Waals surface area contributed by atoms with E-state index in [1.165, 1.54) is 0 Å². The molecule has 86 valence electrons.